The van der Waals surface area contributed by atoms with Crippen LogP contribution in [0.2, 0.25) is 0 Å². The van der Waals surface area contributed by atoms with Gasteiger partial charge in [0.2, 0.25) is 7.37 Å². The van der Waals surface area contributed by atoms with Crippen molar-refractivity contribution < 1.29 is 9.09 Å². The molecule has 0 fully saturated rings. The van der Waals surface area contributed by atoms with Gasteiger partial charge in [-0.05, 0) is 13.8 Å². The number of allylic oxidation sites excluding steroid dienone is 1. The van der Waals surface area contributed by atoms with Gasteiger partial charge in [-0.1, -0.05) is 12.0 Å². The Bertz CT molecular complexity index is 248. The lowest BCUT2D eigenvalue weighted by atomic mass is 10.2. The van der Waals surface area contributed by atoms with Crippen molar-refractivity contribution in [3.05, 3.63) is 12.7 Å². The van der Waals surface area contributed by atoms with Crippen LogP contribution in [0.15, 0.2) is 12.7 Å². The highest BCUT2D eigenvalue weighted by molar-refractivity contribution is 7.58. The minimum Gasteiger partial charge on any atom is -0.309 e. The quantitative estimate of drug-likeness (QED) is 0.383. The monoisotopic (exact) mass is 186 g/mol. The average Bonchev–Trinajstić information content (AvgIpc) is 1.85. The van der Waals surface area contributed by atoms with Gasteiger partial charge in [0.25, 0.3) is 0 Å². The van der Waals surface area contributed by atoms with Crippen LogP contribution in [0.4, 0.5) is 0 Å². The largest absolute Gasteiger partial charge is 0.309 e. The molecule has 0 saturated heterocycles. The molecule has 0 aliphatic carbocycles. The molecule has 0 aliphatic rings. The van der Waals surface area contributed by atoms with Gasteiger partial charge in [-0.15, -0.1) is 13.0 Å². The summed E-state index contributed by atoms with van der Waals surface area (Å²) in [5.74, 6) is 2.43. The van der Waals surface area contributed by atoms with Gasteiger partial charge in [0, 0.05) is 12.8 Å². The molecule has 0 aromatic heterocycles. The molecule has 0 saturated carbocycles. The lowest BCUT2D eigenvalue weighted by molar-refractivity contribution is 0.179. The SMILES string of the molecule is C#CC(C)(C)OP(C)(=O)CC=C. The standard InChI is InChI=1S/C9H15O2P/c1-6-8-12(5,10)11-9(3,4)7-2/h2,6H,1,8H2,3-5H3. The van der Waals surface area contributed by atoms with Crippen molar-refractivity contribution in [1.29, 1.82) is 0 Å². The maximum Gasteiger partial charge on any atom is 0.205 e. The summed E-state index contributed by atoms with van der Waals surface area (Å²) in [6.07, 6.45) is 7.12. The zero-order valence-corrected chi connectivity index (χ0v) is 8.73. The number of hydrogen-bond acceptors (Lipinski definition) is 2. The van der Waals surface area contributed by atoms with Crippen LogP contribution in [0.25, 0.3) is 0 Å². The third kappa shape index (κ3) is 4.38. The van der Waals surface area contributed by atoms with Crippen LogP contribution in [0, 0.1) is 12.3 Å². The highest BCUT2D eigenvalue weighted by Gasteiger charge is 2.24. The van der Waals surface area contributed by atoms with Crippen LogP contribution in [-0.2, 0) is 9.09 Å². The first-order valence-electron chi connectivity index (χ1n) is 3.69. The molecule has 0 rings (SSSR count). The Morgan fingerprint density at radius 2 is 2.25 bits per heavy atom. The predicted molar refractivity (Wildman–Crippen MR) is 52.6 cm³/mol. The molecule has 0 aliphatic heterocycles. The zero-order valence-electron chi connectivity index (χ0n) is 7.83. The zero-order chi connectivity index (χ0) is 9.83. The molecule has 1 atom stereocenters. The van der Waals surface area contributed by atoms with Crippen molar-refractivity contribution in [3.8, 4) is 12.3 Å². The first-order chi connectivity index (χ1) is 5.33. The highest BCUT2D eigenvalue weighted by Crippen LogP contribution is 2.46. The van der Waals surface area contributed by atoms with Crippen LogP contribution in [-0.4, -0.2) is 18.4 Å². The predicted octanol–water partition coefficient (Wildman–Crippen LogP) is 2.51. The Kier molecular flexibility index (Phi) is 3.77. The van der Waals surface area contributed by atoms with Crippen LogP contribution >= 0.6 is 7.37 Å². The van der Waals surface area contributed by atoms with Crippen molar-refractivity contribution in [2.45, 2.75) is 19.4 Å². The average molecular weight is 186 g/mol. The Morgan fingerprint density at radius 3 is 2.58 bits per heavy atom. The van der Waals surface area contributed by atoms with Crippen molar-refractivity contribution in [1.82, 2.24) is 0 Å². The Hall–Kier alpha value is -0.510. The van der Waals surface area contributed by atoms with E-state index in [1.54, 1.807) is 26.6 Å². The minimum absolute atomic E-state index is 0.359. The lowest BCUT2D eigenvalue weighted by Gasteiger charge is -2.23. The van der Waals surface area contributed by atoms with E-state index in [0.29, 0.717) is 6.16 Å². The summed E-state index contributed by atoms with van der Waals surface area (Å²) in [5, 5.41) is 0. The van der Waals surface area contributed by atoms with Crippen molar-refractivity contribution in [3.63, 3.8) is 0 Å². The summed E-state index contributed by atoms with van der Waals surface area (Å²) in [6.45, 7) is 8.49. The van der Waals surface area contributed by atoms with Gasteiger partial charge < -0.3 is 4.52 Å². The van der Waals surface area contributed by atoms with Crippen molar-refractivity contribution in [2.24, 2.45) is 0 Å². The van der Waals surface area contributed by atoms with Crippen LogP contribution in [0.1, 0.15) is 13.8 Å². The van der Waals surface area contributed by atoms with Crippen LogP contribution in [0.5, 0.6) is 0 Å². The molecular weight excluding hydrogens is 171 g/mol. The van der Waals surface area contributed by atoms with E-state index in [1.807, 2.05) is 0 Å². The van der Waals surface area contributed by atoms with Gasteiger partial charge in [-0.25, -0.2) is 0 Å². The normalized spacial score (nSPS) is 16.2. The molecule has 0 heterocycles. The van der Waals surface area contributed by atoms with E-state index in [1.165, 1.54) is 0 Å². The molecule has 3 heteroatoms. The van der Waals surface area contributed by atoms with Gasteiger partial charge in [0.1, 0.15) is 5.60 Å². The second-order valence-electron chi connectivity index (χ2n) is 3.23. The van der Waals surface area contributed by atoms with E-state index >= 15 is 0 Å². The van der Waals surface area contributed by atoms with Gasteiger partial charge in [0.15, 0.2) is 0 Å². The molecule has 0 amide bonds. The number of hydrogen-bond donors (Lipinski definition) is 0. The van der Waals surface area contributed by atoms with Gasteiger partial charge in [-0.2, -0.15) is 0 Å². The first kappa shape index (κ1) is 11.5. The summed E-state index contributed by atoms with van der Waals surface area (Å²) in [6, 6.07) is 0. The van der Waals surface area contributed by atoms with E-state index in [9.17, 15) is 4.57 Å². The molecule has 0 bridgehead atoms. The lowest BCUT2D eigenvalue weighted by Crippen LogP contribution is -2.20. The molecule has 0 N–H and O–H groups in total. The molecule has 2 nitrogen and oxygen atoms in total. The van der Waals surface area contributed by atoms with Crippen LogP contribution in [0.3, 0.4) is 0 Å². The Labute approximate surface area is 74.5 Å². The summed E-state index contributed by atoms with van der Waals surface area (Å²) in [5.41, 5.74) is -0.757. The van der Waals surface area contributed by atoms with E-state index in [0.717, 1.165) is 0 Å². The summed E-state index contributed by atoms with van der Waals surface area (Å²) < 4.78 is 16.9. The minimum atomic E-state index is -2.59. The topological polar surface area (TPSA) is 26.3 Å². The second kappa shape index (κ2) is 3.94. The summed E-state index contributed by atoms with van der Waals surface area (Å²) in [4.78, 5) is 0. The van der Waals surface area contributed by atoms with Gasteiger partial charge in [0.05, 0.1) is 0 Å². The molecule has 0 radical (unpaired) electrons. The third-order valence-corrected chi connectivity index (χ3v) is 2.99. The maximum absolute atomic E-state index is 11.6. The maximum atomic E-state index is 11.6. The Morgan fingerprint density at radius 1 is 1.75 bits per heavy atom. The molecule has 0 aromatic carbocycles. The first-order valence-corrected chi connectivity index (χ1v) is 5.95. The second-order valence-corrected chi connectivity index (χ2v) is 5.81. The smallest absolute Gasteiger partial charge is 0.205 e. The van der Waals surface area contributed by atoms with Crippen molar-refractivity contribution >= 4 is 7.37 Å². The van der Waals surface area contributed by atoms with Gasteiger partial charge in [-0.3, -0.25) is 4.57 Å². The van der Waals surface area contributed by atoms with E-state index in [2.05, 4.69) is 12.5 Å². The van der Waals surface area contributed by atoms with Gasteiger partial charge >= 0.3 is 0 Å². The third-order valence-electron chi connectivity index (χ3n) is 1.23. The molecule has 68 valence electrons. The highest BCUT2D eigenvalue weighted by atomic mass is 31.2. The fraction of sp³-hybridized carbons (Fsp3) is 0.556. The molecule has 0 spiro atoms. The number of rotatable bonds is 4. The summed E-state index contributed by atoms with van der Waals surface area (Å²) >= 11 is 0. The Balaban J connectivity index is 4.36. The number of terminal acetylenes is 1. The van der Waals surface area contributed by atoms with Crippen molar-refractivity contribution in [2.75, 3.05) is 12.8 Å². The van der Waals surface area contributed by atoms with E-state index in [-0.39, 0.29) is 0 Å². The molecule has 1 unspecified atom stereocenters. The molecular formula is C9H15O2P. The molecule has 0 aromatic rings. The van der Waals surface area contributed by atoms with E-state index in [4.69, 9.17) is 10.9 Å². The van der Waals surface area contributed by atoms with Crippen LogP contribution < -0.4 is 0 Å². The fourth-order valence-electron chi connectivity index (χ4n) is 0.781. The van der Waals surface area contributed by atoms with E-state index < -0.39 is 13.0 Å². The fourth-order valence-corrected chi connectivity index (χ4v) is 2.34. The molecule has 12 heavy (non-hydrogen) atoms. The summed E-state index contributed by atoms with van der Waals surface area (Å²) in [7, 11) is -2.59.